The Morgan fingerprint density at radius 2 is 0.875 bits per heavy atom. The average Bonchev–Trinajstić information content (AvgIpc) is 2.62. The van der Waals surface area contributed by atoms with Gasteiger partial charge in [0.2, 0.25) is 0 Å². The molecule has 0 aliphatic carbocycles. The molecule has 0 unspecified atom stereocenters. The highest BCUT2D eigenvalue weighted by molar-refractivity contribution is 6.09. The van der Waals surface area contributed by atoms with Crippen LogP contribution >= 0.6 is 0 Å². The van der Waals surface area contributed by atoms with Gasteiger partial charge in [0.1, 0.15) is 11.5 Å². The molecule has 0 aliphatic rings. The zero-order chi connectivity index (χ0) is 17.1. The largest absolute Gasteiger partial charge is 0.508 e. The summed E-state index contributed by atoms with van der Waals surface area (Å²) in [7, 11) is 0. The van der Waals surface area contributed by atoms with Crippen LogP contribution in [-0.4, -0.2) is 16.0 Å². The van der Waals surface area contributed by atoms with E-state index in [4.69, 9.17) is 0 Å². The molecule has 0 fully saturated rings. The van der Waals surface area contributed by atoms with Crippen molar-refractivity contribution >= 4 is 11.4 Å². The van der Waals surface area contributed by atoms with Crippen molar-refractivity contribution in [2.45, 2.75) is 0 Å². The zero-order valence-corrected chi connectivity index (χ0v) is 12.9. The van der Waals surface area contributed by atoms with E-state index in [9.17, 15) is 15.0 Å². The predicted molar refractivity (Wildman–Crippen MR) is 94.2 cm³/mol. The summed E-state index contributed by atoms with van der Waals surface area (Å²) in [4.78, 5) is 12.4. The molecule has 3 nitrogen and oxygen atoms in total. The van der Waals surface area contributed by atoms with Crippen molar-refractivity contribution in [3.8, 4) is 11.5 Å². The van der Waals surface area contributed by atoms with Gasteiger partial charge >= 0.3 is 0 Å². The van der Waals surface area contributed by atoms with Gasteiger partial charge in [-0.2, -0.15) is 0 Å². The first-order chi connectivity index (χ1) is 11.5. The fourth-order valence-electron chi connectivity index (χ4n) is 2.43. The Kier molecular flexibility index (Phi) is 4.17. The predicted octanol–water partition coefficient (Wildman–Crippen LogP) is 4.39. The molecule has 118 valence electrons. The second-order valence-electron chi connectivity index (χ2n) is 5.48. The molecule has 0 aliphatic heterocycles. The van der Waals surface area contributed by atoms with Crippen molar-refractivity contribution in [3.63, 3.8) is 0 Å². The third kappa shape index (κ3) is 3.20. The molecule has 0 atom stereocenters. The summed E-state index contributed by atoms with van der Waals surface area (Å²) in [6.07, 6.45) is 0. The summed E-state index contributed by atoms with van der Waals surface area (Å²) >= 11 is 0. The van der Waals surface area contributed by atoms with E-state index in [-0.39, 0.29) is 17.3 Å². The van der Waals surface area contributed by atoms with Gasteiger partial charge in [-0.05, 0) is 53.1 Å². The first kappa shape index (κ1) is 15.6. The fourth-order valence-corrected chi connectivity index (χ4v) is 2.43. The number of carbonyl (C=O) groups is 1. The molecule has 2 N–H and O–H groups in total. The maximum Gasteiger partial charge on any atom is 0.193 e. The van der Waals surface area contributed by atoms with Crippen molar-refractivity contribution < 1.29 is 15.0 Å². The lowest BCUT2D eigenvalue weighted by Crippen LogP contribution is -2.01. The van der Waals surface area contributed by atoms with Gasteiger partial charge in [0.05, 0.1) is 0 Å². The number of hydrogen-bond acceptors (Lipinski definition) is 3. The number of phenols is 2. The van der Waals surface area contributed by atoms with Crippen LogP contribution in [-0.2, 0) is 0 Å². The first-order valence-corrected chi connectivity index (χ1v) is 7.47. The molecule has 3 aromatic carbocycles. The molecule has 0 aromatic heterocycles. The Morgan fingerprint density at radius 3 is 1.29 bits per heavy atom. The maximum atomic E-state index is 12.4. The third-order valence-corrected chi connectivity index (χ3v) is 3.84. The van der Waals surface area contributed by atoms with Crippen LogP contribution in [0.3, 0.4) is 0 Å². The minimum absolute atomic E-state index is 0.100. The maximum absolute atomic E-state index is 12.4. The lowest BCUT2D eigenvalue weighted by atomic mass is 9.96. The summed E-state index contributed by atoms with van der Waals surface area (Å²) in [5.41, 5.74) is 3.73. The molecule has 0 heterocycles. The smallest absolute Gasteiger partial charge is 0.193 e. The number of ketones is 1. The van der Waals surface area contributed by atoms with Gasteiger partial charge in [-0.25, -0.2) is 0 Å². The van der Waals surface area contributed by atoms with E-state index in [1.165, 1.54) is 12.1 Å². The summed E-state index contributed by atoms with van der Waals surface area (Å²) in [5.74, 6) is 0.241. The average molecular weight is 316 g/mol. The van der Waals surface area contributed by atoms with Gasteiger partial charge in [-0.1, -0.05) is 43.0 Å². The molecule has 0 saturated carbocycles. The molecule has 3 heteroatoms. The topological polar surface area (TPSA) is 57.5 Å². The Labute approximate surface area is 140 Å². The molecule has 0 radical (unpaired) electrons. The lowest BCUT2D eigenvalue weighted by molar-refractivity contribution is 0.103. The van der Waals surface area contributed by atoms with E-state index in [0.717, 1.165) is 16.7 Å². The van der Waals surface area contributed by atoms with Crippen LogP contribution in [0.15, 0.2) is 79.4 Å². The van der Waals surface area contributed by atoms with Crippen LogP contribution in [0.1, 0.15) is 27.0 Å². The zero-order valence-electron chi connectivity index (χ0n) is 12.9. The molecule has 3 rings (SSSR count). The number of aromatic hydroxyl groups is 2. The Bertz CT molecular complexity index is 797. The van der Waals surface area contributed by atoms with Gasteiger partial charge in [0, 0.05) is 11.1 Å². The van der Waals surface area contributed by atoms with Gasteiger partial charge in [-0.15, -0.1) is 0 Å². The molecule has 0 amide bonds. The minimum Gasteiger partial charge on any atom is -0.508 e. The summed E-state index contributed by atoms with van der Waals surface area (Å²) in [6, 6.07) is 20.2. The standard InChI is InChI=1S/C21H16O3/c1-14(16-6-10-19(22)11-7-16)15-2-4-17(5-3-15)21(24)18-8-12-20(23)13-9-18/h2-13,22-23H,1H2. The molecular formula is C21H16O3. The lowest BCUT2D eigenvalue weighted by Gasteiger charge is -2.08. The summed E-state index contributed by atoms with van der Waals surface area (Å²) in [6.45, 7) is 4.07. The minimum atomic E-state index is -0.100. The summed E-state index contributed by atoms with van der Waals surface area (Å²) in [5, 5.41) is 18.6. The van der Waals surface area contributed by atoms with E-state index in [0.29, 0.717) is 11.1 Å². The molecule has 0 bridgehead atoms. The van der Waals surface area contributed by atoms with Crippen LogP contribution in [0.2, 0.25) is 0 Å². The fraction of sp³-hybridized carbons (Fsp3) is 0. The highest BCUT2D eigenvalue weighted by atomic mass is 16.3. The van der Waals surface area contributed by atoms with Gasteiger partial charge < -0.3 is 10.2 Å². The monoisotopic (exact) mass is 316 g/mol. The second-order valence-corrected chi connectivity index (χ2v) is 5.48. The number of hydrogen-bond donors (Lipinski definition) is 2. The van der Waals surface area contributed by atoms with Crippen molar-refractivity contribution in [1.29, 1.82) is 0 Å². The van der Waals surface area contributed by atoms with E-state index in [1.807, 2.05) is 12.1 Å². The second kappa shape index (κ2) is 6.42. The SMILES string of the molecule is C=C(c1ccc(O)cc1)c1ccc(C(=O)c2ccc(O)cc2)cc1. The number of benzene rings is 3. The van der Waals surface area contributed by atoms with Crippen LogP contribution in [0.25, 0.3) is 5.57 Å². The van der Waals surface area contributed by atoms with E-state index < -0.39 is 0 Å². The first-order valence-electron chi connectivity index (χ1n) is 7.47. The molecule has 0 spiro atoms. The molecular weight excluding hydrogens is 300 g/mol. The highest BCUT2D eigenvalue weighted by Crippen LogP contribution is 2.24. The van der Waals surface area contributed by atoms with Crippen LogP contribution in [0.4, 0.5) is 0 Å². The molecule has 3 aromatic rings. The van der Waals surface area contributed by atoms with Gasteiger partial charge in [0.25, 0.3) is 0 Å². The Hall–Kier alpha value is -3.33. The van der Waals surface area contributed by atoms with Crippen molar-refractivity contribution in [1.82, 2.24) is 0 Å². The van der Waals surface area contributed by atoms with E-state index in [1.54, 1.807) is 48.5 Å². The molecule has 24 heavy (non-hydrogen) atoms. The quantitative estimate of drug-likeness (QED) is 0.702. The normalized spacial score (nSPS) is 10.3. The Balaban J connectivity index is 1.82. The van der Waals surface area contributed by atoms with E-state index in [2.05, 4.69) is 6.58 Å². The van der Waals surface area contributed by atoms with Crippen LogP contribution in [0, 0.1) is 0 Å². The van der Waals surface area contributed by atoms with E-state index >= 15 is 0 Å². The van der Waals surface area contributed by atoms with Crippen LogP contribution < -0.4 is 0 Å². The highest BCUT2D eigenvalue weighted by Gasteiger charge is 2.10. The van der Waals surface area contributed by atoms with Crippen LogP contribution in [0.5, 0.6) is 11.5 Å². The van der Waals surface area contributed by atoms with Gasteiger partial charge in [-0.3, -0.25) is 4.79 Å². The third-order valence-electron chi connectivity index (χ3n) is 3.84. The Morgan fingerprint density at radius 1 is 0.583 bits per heavy atom. The van der Waals surface area contributed by atoms with Crippen molar-refractivity contribution in [3.05, 3.63) is 102 Å². The van der Waals surface area contributed by atoms with Crippen molar-refractivity contribution in [2.75, 3.05) is 0 Å². The molecule has 0 saturated heterocycles. The van der Waals surface area contributed by atoms with Gasteiger partial charge in [0.15, 0.2) is 5.78 Å². The van der Waals surface area contributed by atoms with Crippen molar-refractivity contribution in [2.24, 2.45) is 0 Å². The summed E-state index contributed by atoms with van der Waals surface area (Å²) < 4.78 is 0. The number of phenolic OH excluding ortho intramolecular Hbond substituents is 2. The number of rotatable bonds is 4. The number of carbonyl (C=O) groups excluding carboxylic acids is 1.